The summed E-state index contributed by atoms with van der Waals surface area (Å²) in [6.45, 7) is 2.32. The van der Waals surface area contributed by atoms with Crippen molar-refractivity contribution >= 4 is 45.8 Å². The number of phenols is 1. The molecule has 11 heteroatoms. The van der Waals surface area contributed by atoms with Gasteiger partial charge in [0.1, 0.15) is 22.8 Å². The van der Waals surface area contributed by atoms with Crippen LogP contribution in [0.25, 0.3) is 5.76 Å². The third-order valence-corrected chi connectivity index (χ3v) is 9.55. The van der Waals surface area contributed by atoms with Gasteiger partial charge < -0.3 is 26.2 Å². The number of nitrogens with zero attached hydrogens (tertiary/aromatic N) is 2. The monoisotopic (exact) mass is 637 g/mol. The summed E-state index contributed by atoms with van der Waals surface area (Å²) in [6, 6.07) is 0.815. The second kappa shape index (κ2) is 9.61. The van der Waals surface area contributed by atoms with Crippen LogP contribution in [0.4, 0.5) is 0 Å². The second-order valence-corrected chi connectivity index (χ2v) is 12.2. The Hall–Kier alpha value is -2.48. The first-order chi connectivity index (χ1) is 17.9. The number of carbonyl (C=O) groups excluding carboxylic acids is 3. The molecule has 1 aromatic rings. The number of piperidine rings is 1. The van der Waals surface area contributed by atoms with Gasteiger partial charge in [-0.3, -0.25) is 24.2 Å². The first-order valence-electron chi connectivity index (χ1n) is 12.8. The lowest BCUT2D eigenvalue weighted by Gasteiger charge is -2.50. The molecule has 0 radical (unpaired) electrons. The zero-order chi connectivity index (χ0) is 27.7. The standard InChI is InChI=1S/C27H32IN3O7/c1-30(2)20-15-9-12-8-14-16(28)10-13(11-31-6-4-3-5-7-31)21(32)18(14)22(33)17(12)24(35)27(15,38)25(36)19(23(20)34)26(29)37/h10,12,15,20,32-33,36,38H,3-9,11H2,1-2H3,(H2,29,37)/t12-,15-,20-,27-/m0/s1. The first kappa shape index (κ1) is 27.1. The number of carbonyl (C=O) groups is 3. The highest BCUT2D eigenvalue weighted by Crippen LogP contribution is 2.53. The summed E-state index contributed by atoms with van der Waals surface area (Å²) in [5.41, 5.74) is 3.28. The molecule has 2 fully saturated rings. The molecular formula is C27H32IN3O7. The molecule has 4 atom stereocenters. The molecule has 1 saturated heterocycles. The fourth-order valence-corrected chi connectivity index (χ4v) is 7.66. The number of fused-ring (bicyclic) bond motifs is 3. The number of hydrogen-bond acceptors (Lipinski definition) is 9. The van der Waals surface area contributed by atoms with E-state index in [4.69, 9.17) is 5.73 Å². The summed E-state index contributed by atoms with van der Waals surface area (Å²) >= 11 is 2.17. The van der Waals surface area contributed by atoms with Crippen LogP contribution in [0, 0.1) is 15.4 Å². The SMILES string of the molecule is CN(C)[C@@H]1C(=O)C(C(N)=O)=C(O)[C@@]2(O)C(=O)C3=C(O)c4c(O)c(CN5CCCCC5)cc(I)c4C[C@H]3C[C@@H]12. The lowest BCUT2D eigenvalue weighted by molar-refractivity contribution is -0.153. The highest BCUT2D eigenvalue weighted by molar-refractivity contribution is 14.1. The van der Waals surface area contributed by atoms with Crippen LogP contribution in [0.15, 0.2) is 23.0 Å². The number of primary amides is 1. The van der Waals surface area contributed by atoms with Crippen molar-refractivity contribution in [3.63, 3.8) is 0 Å². The van der Waals surface area contributed by atoms with E-state index in [1.54, 1.807) is 14.1 Å². The van der Waals surface area contributed by atoms with Crippen molar-refractivity contribution in [2.24, 2.45) is 17.6 Å². The quantitative estimate of drug-likeness (QED) is 0.244. The number of Topliss-reactive ketones (excluding diaryl/α,β-unsaturated/α-hetero) is 2. The molecule has 0 bridgehead atoms. The maximum Gasteiger partial charge on any atom is 0.255 e. The lowest BCUT2D eigenvalue weighted by atomic mass is 9.57. The third-order valence-electron chi connectivity index (χ3n) is 8.59. The molecule has 1 amide bonds. The van der Waals surface area contributed by atoms with Crippen molar-refractivity contribution in [3.8, 4) is 5.75 Å². The summed E-state index contributed by atoms with van der Waals surface area (Å²) in [5, 5.41) is 45.4. The molecule has 4 aliphatic rings. The van der Waals surface area contributed by atoms with Gasteiger partial charge in [-0.15, -0.1) is 0 Å². The van der Waals surface area contributed by atoms with E-state index >= 15 is 0 Å². The zero-order valence-corrected chi connectivity index (χ0v) is 23.5. The van der Waals surface area contributed by atoms with E-state index in [0.717, 1.165) is 29.5 Å². The summed E-state index contributed by atoms with van der Waals surface area (Å²) in [7, 11) is 3.16. The number of ketones is 2. The van der Waals surface area contributed by atoms with Crippen LogP contribution in [-0.4, -0.2) is 86.5 Å². The van der Waals surface area contributed by atoms with E-state index in [1.165, 1.54) is 11.3 Å². The number of benzene rings is 1. The number of rotatable bonds is 4. The van der Waals surface area contributed by atoms with Gasteiger partial charge in [-0.05, 0) is 93.0 Å². The Morgan fingerprint density at radius 1 is 1.18 bits per heavy atom. The van der Waals surface area contributed by atoms with Crippen molar-refractivity contribution in [1.29, 1.82) is 0 Å². The Morgan fingerprint density at radius 3 is 2.45 bits per heavy atom. The van der Waals surface area contributed by atoms with E-state index in [9.17, 15) is 34.8 Å². The second-order valence-electron chi connectivity index (χ2n) is 11.0. The molecule has 0 aromatic heterocycles. The molecular weight excluding hydrogens is 605 g/mol. The zero-order valence-electron chi connectivity index (χ0n) is 21.3. The van der Waals surface area contributed by atoms with Crippen LogP contribution in [0.5, 0.6) is 5.75 Å². The molecule has 38 heavy (non-hydrogen) atoms. The van der Waals surface area contributed by atoms with E-state index < -0.39 is 58.0 Å². The summed E-state index contributed by atoms with van der Waals surface area (Å²) in [5.74, 6) is -6.28. The molecule has 5 rings (SSSR count). The number of amides is 1. The van der Waals surface area contributed by atoms with Crippen LogP contribution in [0.3, 0.4) is 0 Å². The summed E-state index contributed by atoms with van der Waals surface area (Å²) in [6.07, 6.45) is 3.70. The molecule has 204 valence electrons. The van der Waals surface area contributed by atoms with Crippen LogP contribution in [-0.2, 0) is 27.3 Å². The van der Waals surface area contributed by atoms with Crippen molar-refractivity contribution in [2.45, 2.75) is 50.3 Å². The maximum absolute atomic E-state index is 14.0. The smallest absolute Gasteiger partial charge is 0.255 e. The molecule has 0 unspecified atom stereocenters. The van der Waals surface area contributed by atoms with E-state index in [1.807, 2.05) is 6.07 Å². The third kappa shape index (κ3) is 3.89. The van der Waals surface area contributed by atoms with Gasteiger partial charge in [0.2, 0.25) is 5.78 Å². The number of nitrogens with two attached hydrogens (primary N) is 1. The van der Waals surface area contributed by atoms with Gasteiger partial charge in [0.05, 0.1) is 11.6 Å². The predicted octanol–water partition coefficient (Wildman–Crippen LogP) is 1.55. The van der Waals surface area contributed by atoms with Gasteiger partial charge in [-0.2, -0.15) is 0 Å². The van der Waals surface area contributed by atoms with Gasteiger partial charge in [-0.1, -0.05) is 6.42 Å². The van der Waals surface area contributed by atoms with Gasteiger partial charge in [0.15, 0.2) is 11.4 Å². The maximum atomic E-state index is 14.0. The van der Waals surface area contributed by atoms with Crippen LogP contribution >= 0.6 is 22.6 Å². The Bertz CT molecular complexity index is 1310. The Morgan fingerprint density at radius 2 is 1.84 bits per heavy atom. The van der Waals surface area contributed by atoms with Crippen LogP contribution < -0.4 is 5.73 Å². The van der Waals surface area contributed by atoms with Crippen LogP contribution in [0.1, 0.15) is 42.4 Å². The molecule has 0 spiro atoms. The van der Waals surface area contributed by atoms with E-state index in [0.29, 0.717) is 24.1 Å². The highest BCUT2D eigenvalue weighted by atomic mass is 127. The largest absolute Gasteiger partial charge is 0.508 e. The van der Waals surface area contributed by atoms with Crippen molar-refractivity contribution < 1.29 is 34.8 Å². The van der Waals surface area contributed by atoms with Crippen LogP contribution in [0.2, 0.25) is 0 Å². The summed E-state index contributed by atoms with van der Waals surface area (Å²) < 4.78 is 0.837. The van der Waals surface area contributed by atoms with Crippen molar-refractivity contribution in [2.75, 3.05) is 27.2 Å². The lowest BCUT2D eigenvalue weighted by Crippen LogP contribution is -2.65. The molecule has 10 nitrogen and oxygen atoms in total. The highest BCUT2D eigenvalue weighted by Gasteiger charge is 2.64. The average molecular weight is 637 g/mol. The number of hydrogen-bond donors (Lipinski definition) is 5. The van der Waals surface area contributed by atoms with Gasteiger partial charge in [0.25, 0.3) is 5.91 Å². The van der Waals surface area contributed by atoms with Crippen molar-refractivity contribution in [1.82, 2.24) is 9.80 Å². The topological polar surface area (TPSA) is 165 Å². The Balaban J connectivity index is 1.65. The molecule has 1 aliphatic heterocycles. The normalized spacial score (nSPS) is 29.9. The summed E-state index contributed by atoms with van der Waals surface area (Å²) in [4.78, 5) is 43.0. The molecule has 1 saturated carbocycles. The van der Waals surface area contributed by atoms with E-state index in [2.05, 4.69) is 27.5 Å². The minimum atomic E-state index is -2.63. The molecule has 1 heterocycles. The number of likely N-dealkylation sites (tertiary alicyclic amines) is 1. The van der Waals surface area contributed by atoms with Gasteiger partial charge in [-0.25, -0.2) is 0 Å². The Kier molecular flexibility index (Phi) is 6.86. The fraction of sp³-hybridized carbons (Fsp3) is 0.519. The predicted molar refractivity (Wildman–Crippen MR) is 146 cm³/mol. The molecule has 1 aromatic carbocycles. The average Bonchev–Trinajstić information content (AvgIpc) is 2.84. The molecule has 6 N–H and O–H groups in total. The fourth-order valence-electron chi connectivity index (χ4n) is 6.80. The van der Waals surface area contributed by atoms with Gasteiger partial charge in [0, 0.05) is 27.2 Å². The number of aliphatic hydroxyl groups excluding tert-OH is 2. The number of halogens is 1. The minimum absolute atomic E-state index is 0.0815. The molecule has 3 aliphatic carbocycles. The van der Waals surface area contributed by atoms with E-state index in [-0.39, 0.29) is 23.3 Å². The van der Waals surface area contributed by atoms with Gasteiger partial charge >= 0.3 is 0 Å². The number of aromatic hydroxyl groups is 1. The number of aliphatic hydroxyl groups is 3. The first-order valence-corrected chi connectivity index (χ1v) is 13.9. The number of phenolic OH excluding ortho intramolecular Hbond substituents is 1. The Labute approximate surface area is 233 Å². The number of likely N-dealkylation sites (N-methyl/N-ethyl adjacent to an activating group) is 1. The minimum Gasteiger partial charge on any atom is -0.508 e. The van der Waals surface area contributed by atoms with Crippen molar-refractivity contribution in [3.05, 3.63) is 43.2 Å².